The number of fused-ring (bicyclic) bond motifs is 1. The molecule has 3 rings (SSSR count). The Bertz CT molecular complexity index is 705. The topological polar surface area (TPSA) is 47.6 Å². The first-order valence-electron chi connectivity index (χ1n) is 6.29. The third-order valence-electron chi connectivity index (χ3n) is 2.97. The maximum absolute atomic E-state index is 12.3. The first kappa shape index (κ1) is 14.6. The van der Waals surface area contributed by atoms with E-state index in [-0.39, 0.29) is 5.91 Å². The molecule has 1 amide bonds. The monoisotopic (exact) mass is 459 g/mol. The standard InChI is InChI=1S/C15H11BrINO3/c16-11-7-13-14(21-5-4-20-13)8-12(11)18-15(19)9-2-1-3-10(17)6-9/h1-3,6-8H,4-5H2,(H,18,19). The zero-order chi connectivity index (χ0) is 14.8. The van der Waals surface area contributed by atoms with Crippen molar-refractivity contribution in [3.8, 4) is 11.5 Å². The molecule has 1 aliphatic rings. The molecule has 1 aliphatic heterocycles. The molecule has 1 heterocycles. The average molecular weight is 460 g/mol. The Kier molecular flexibility index (Phi) is 4.34. The molecule has 0 fully saturated rings. The van der Waals surface area contributed by atoms with Gasteiger partial charge in [-0.15, -0.1) is 0 Å². The highest BCUT2D eigenvalue weighted by molar-refractivity contribution is 14.1. The fraction of sp³-hybridized carbons (Fsp3) is 0.133. The Morgan fingerprint density at radius 1 is 1.14 bits per heavy atom. The number of ether oxygens (including phenoxy) is 2. The quantitative estimate of drug-likeness (QED) is 0.688. The van der Waals surface area contributed by atoms with Crippen molar-refractivity contribution in [3.63, 3.8) is 0 Å². The van der Waals surface area contributed by atoms with Gasteiger partial charge in [-0.3, -0.25) is 4.79 Å². The minimum Gasteiger partial charge on any atom is -0.486 e. The minimum atomic E-state index is -0.161. The summed E-state index contributed by atoms with van der Waals surface area (Å²) in [5, 5.41) is 2.88. The minimum absolute atomic E-state index is 0.161. The van der Waals surface area contributed by atoms with Crippen LogP contribution in [0.2, 0.25) is 0 Å². The van der Waals surface area contributed by atoms with E-state index in [4.69, 9.17) is 9.47 Å². The highest BCUT2D eigenvalue weighted by Gasteiger charge is 2.16. The van der Waals surface area contributed by atoms with E-state index in [1.807, 2.05) is 18.2 Å². The second kappa shape index (κ2) is 6.23. The lowest BCUT2D eigenvalue weighted by atomic mass is 10.2. The van der Waals surface area contributed by atoms with Crippen molar-refractivity contribution < 1.29 is 14.3 Å². The van der Waals surface area contributed by atoms with E-state index in [1.165, 1.54) is 0 Å². The molecule has 21 heavy (non-hydrogen) atoms. The molecule has 0 radical (unpaired) electrons. The van der Waals surface area contributed by atoms with Gasteiger partial charge in [0, 0.05) is 25.7 Å². The molecule has 2 aromatic rings. The van der Waals surface area contributed by atoms with Gasteiger partial charge in [0.15, 0.2) is 11.5 Å². The summed E-state index contributed by atoms with van der Waals surface area (Å²) in [4.78, 5) is 12.3. The smallest absolute Gasteiger partial charge is 0.255 e. The first-order chi connectivity index (χ1) is 10.1. The van der Waals surface area contributed by atoms with Crippen LogP contribution in [0.15, 0.2) is 40.9 Å². The second-order valence-corrected chi connectivity index (χ2v) is 6.54. The van der Waals surface area contributed by atoms with Gasteiger partial charge in [0.05, 0.1) is 5.69 Å². The van der Waals surface area contributed by atoms with Crippen molar-refractivity contribution in [3.05, 3.63) is 50.0 Å². The van der Waals surface area contributed by atoms with Gasteiger partial charge < -0.3 is 14.8 Å². The van der Waals surface area contributed by atoms with E-state index >= 15 is 0 Å². The van der Waals surface area contributed by atoms with Gasteiger partial charge in [0.1, 0.15) is 13.2 Å². The van der Waals surface area contributed by atoms with E-state index < -0.39 is 0 Å². The fourth-order valence-corrected chi connectivity index (χ4v) is 2.95. The predicted octanol–water partition coefficient (Wildman–Crippen LogP) is 4.08. The summed E-state index contributed by atoms with van der Waals surface area (Å²) >= 11 is 5.62. The van der Waals surface area contributed by atoms with E-state index in [1.54, 1.807) is 18.2 Å². The Balaban J connectivity index is 1.86. The molecule has 0 aromatic heterocycles. The molecule has 108 valence electrons. The lowest BCUT2D eigenvalue weighted by Gasteiger charge is -2.20. The normalized spacial score (nSPS) is 12.9. The number of carbonyl (C=O) groups is 1. The molecule has 0 bridgehead atoms. The van der Waals surface area contributed by atoms with Crippen LogP contribution in [0, 0.1) is 3.57 Å². The van der Waals surface area contributed by atoms with Gasteiger partial charge >= 0.3 is 0 Å². The number of anilines is 1. The number of carbonyl (C=O) groups excluding carboxylic acids is 1. The largest absolute Gasteiger partial charge is 0.486 e. The molecule has 6 heteroatoms. The van der Waals surface area contributed by atoms with E-state index in [0.717, 1.165) is 8.04 Å². The molecule has 0 atom stereocenters. The zero-order valence-electron chi connectivity index (χ0n) is 10.9. The number of halogens is 2. The Labute approximate surface area is 144 Å². The molecule has 4 nitrogen and oxygen atoms in total. The first-order valence-corrected chi connectivity index (χ1v) is 8.17. The number of hydrogen-bond donors (Lipinski definition) is 1. The lowest BCUT2D eigenvalue weighted by Crippen LogP contribution is -2.17. The van der Waals surface area contributed by atoms with E-state index in [2.05, 4.69) is 43.8 Å². The number of nitrogens with one attached hydrogen (secondary N) is 1. The van der Waals surface area contributed by atoms with Crippen LogP contribution in [0.25, 0.3) is 0 Å². The molecule has 0 saturated heterocycles. The van der Waals surface area contributed by atoms with Crippen LogP contribution in [0.1, 0.15) is 10.4 Å². The van der Waals surface area contributed by atoms with Gasteiger partial charge in [0.25, 0.3) is 5.91 Å². The molecule has 0 aliphatic carbocycles. The molecule has 0 unspecified atom stereocenters. The van der Waals surface area contributed by atoms with E-state index in [0.29, 0.717) is 36.0 Å². The summed E-state index contributed by atoms with van der Waals surface area (Å²) < 4.78 is 12.8. The summed E-state index contributed by atoms with van der Waals surface area (Å²) in [7, 11) is 0. The van der Waals surface area contributed by atoms with Crippen molar-refractivity contribution in [1.82, 2.24) is 0 Å². The predicted molar refractivity (Wildman–Crippen MR) is 92.2 cm³/mol. The van der Waals surface area contributed by atoms with Gasteiger partial charge in [-0.05, 0) is 56.7 Å². The highest BCUT2D eigenvalue weighted by Crippen LogP contribution is 2.38. The van der Waals surface area contributed by atoms with Crippen molar-refractivity contribution in [2.45, 2.75) is 0 Å². The Morgan fingerprint density at radius 3 is 2.57 bits per heavy atom. The zero-order valence-corrected chi connectivity index (χ0v) is 14.6. The Morgan fingerprint density at radius 2 is 1.86 bits per heavy atom. The molecule has 0 saturated carbocycles. The fourth-order valence-electron chi connectivity index (χ4n) is 1.98. The van der Waals surface area contributed by atoms with Crippen LogP contribution >= 0.6 is 38.5 Å². The van der Waals surface area contributed by atoms with Gasteiger partial charge in [-0.25, -0.2) is 0 Å². The summed E-state index contributed by atoms with van der Waals surface area (Å²) in [5.41, 5.74) is 1.27. The van der Waals surface area contributed by atoms with Crippen molar-refractivity contribution in [2.75, 3.05) is 18.5 Å². The summed E-state index contributed by atoms with van der Waals surface area (Å²) in [6, 6.07) is 11.0. The van der Waals surface area contributed by atoms with Crippen LogP contribution in [-0.4, -0.2) is 19.1 Å². The third kappa shape index (κ3) is 3.32. The number of benzene rings is 2. The van der Waals surface area contributed by atoms with Gasteiger partial charge in [-0.1, -0.05) is 6.07 Å². The van der Waals surface area contributed by atoms with Gasteiger partial charge in [0.2, 0.25) is 0 Å². The maximum atomic E-state index is 12.3. The summed E-state index contributed by atoms with van der Waals surface area (Å²) in [5.74, 6) is 1.16. The average Bonchev–Trinajstić information content (AvgIpc) is 2.48. The van der Waals surface area contributed by atoms with Crippen LogP contribution in [0.3, 0.4) is 0 Å². The summed E-state index contributed by atoms with van der Waals surface area (Å²) in [6.07, 6.45) is 0. The number of rotatable bonds is 2. The summed E-state index contributed by atoms with van der Waals surface area (Å²) in [6.45, 7) is 1.05. The third-order valence-corrected chi connectivity index (χ3v) is 4.29. The second-order valence-electron chi connectivity index (χ2n) is 4.44. The molecular formula is C15H11BrINO3. The van der Waals surface area contributed by atoms with E-state index in [9.17, 15) is 4.79 Å². The molecular weight excluding hydrogens is 449 g/mol. The SMILES string of the molecule is O=C(Nc1cc2c(cc1Br)OCCO2)c1cccc(I)c1. The van der Waals surface area contributed by atoms with Crippen molar-refractivity contribution in [1.29, 1.82) is 0 Å². The van der Waals surface area contributed by atoms with Crippen molar-refractivity contribution in [2.24, 2.45) is 0 Å². The highest BCUT2D eigenvalue weighted by atomic mass is 127. The number of amides is 1. The van der Waals surface area contributed by atoms with Crippen LogP contribution in [-0.2, 0) is 0 Å². The van der Waals surface area contributed by atoms with Crippen LogP contribution in [0.5, 0.6) is 11.5 Å². The molecule has 1 N–H and O–H groups in total. The van der Waals surface area contributed by atoms with Crippen LogP contribution in [0.4, 0.5) is 5.69 Å². The Hall–Kier alpha value is -1.28. The lowest BCUT2D eigenvalue weighted by molar-refractivity contribution is 0.102. The molecule has 0 spiro atoms. The van der Waals surface area contributed by atoms with Crippen LogP contribution < -0.4 is 14.8 Å². The van der Waals surface area contributed by atoms with Gasteiger partial charge in [-0.2, -0.15) is 0 Å². The van der Waals surface area contributed by atoms with Crippen molar-refractivity contribution >= 4 is 50.1 Å². The number of hydrogen-bond acceptors (Lipinski definition) is 3. The maximum Gasteiger partial charge on any atom is 0.255 e. The molecule has 2 aromatic carbocycles.